The van der Waals surface area contributed by atoms with E-state index in [1.807, 2.05) is 19.2 Å². The monoisotopic (exact) mass is 247 g/mol. The number of carbonyl (C=O) groups excluding carboxylic acids is 1. The molecule has 0 fully saturated rings. The molecule has 1 atom stereocenters. The number of fused-ring (bicyclic) bond motifs is 1. The van der Waals surface area contributed by atoms with Gasteiger partial charge in [0.2, 0.25) is 5.91 Å². The summed E-state index contributed by atoms with van der Waals surface area (Å²) < 4.78 is 0. The van der Waals surface area contributed by atoms with Crippen LogP contribution in [0.2, 0.25) is 0 Å². The van der Waals surface area contributed by atoms with Crippen LogP contribution in [-0.2, 0) is 11.2 Å². The molecule has 3 N–H and O–H groups in total. The van der Waals surface area contributed by atoms with E-state index < -0.39 is 0 Å². The van der Waals surface area contributed by atoms with E-state index in [2.05, 4.69) is 18.3 Å². The van der Waals surface area contributed by atoms with Crippen molar-refractivity contribution in [2.75, 3.05) is 30.4 Å². The van der Waals surface area contributed by atoms with Gasteiger partial charge in [-0.25, -0.2) is 0 Å². The highest BCUT2D eigenvalue weighted by Crippen LogP contribution is 2.29. The van der Waals surface area contributed by atoms with Gasteiger partial charge >= 0.3 is 0 Å². The van der Waals surface area contributed by atoms with Gasteiger partial charge in [-0.2, -0.15) is 0 Å². The van der Waals surface area contributed by atoms with Crippen LogP contribution in [0.5, 0.6) is 0 Å². The van der Waals surface area contributed by atoms with E-state index in [1.54, 1.807) is 4.90 Å². The van der Waals surface area contributed by atoms with Crippen molar-refractivity contribution in [1.29, 1.82) is 0 Å². The van der Waals surface area contributed by atoms with Gasteiger partial charge < -0.3 is 16.0 Å². The largest absolute Gasteiger partial charge is 0.385 e. The van der Waals surface area contributed by atoms with Crippen LogP contribution in [0.15, 0.2) is 18.2 Å². The molecule has 0 aliphatic carbocycles. The Hall–Kier alpha value is -1.55. The Morgan fingerprint density at radius 1 is 1.50 bits per heavy atom. The number of likely N-dealkylation sites (N-methyl/N-ethyl adjacent to an activating group) is 1. The number of nitrogens with one attached hydrogen (secondary N) is 1. The summed E-state index contributed by atoms with van der Waals surface area (Å²) in [6.07, 6.45) is 1.58. The first-order valence-electron chi connectivity index (χ1n) is 6.45. The van der Waals surface area contributed by atoms with Crippen LogP contribution in [0.1, 0.15) is 18.9 Å². The minimum Gasteiger partial charge on any atom is -0.385 e. The van der Waals surface area contributed by atoms with Gasteiger partial charge in [-0.1, -0.05) is 6.92 Å². The molecule has 4 nitrogen and oxygen atoms in total. The normalized spacial score (nSPS) is 15.7. The van der Waals surface area contributed by atoms with Crippen molar-refractivity contribution >= 4 is 17.3 Å². The van der Waals surface area contributed by atoms with Crippen LogP contribution in [0, 0.1) is 5.92 Å². The Labute approximate surface area is 108 Å². The van der Waals surface area contributed by atoms with E-state index in [9.17, 15) is 4.79 Å². The van der Waals surface area contributed by atoms with Crippen molar-refractivity contribution in [2.45, 2.75) is 19.8 Å². The van der Waals surface area contributed by atoms with Gasteiger partial charge in [0, 0.05) is 25.0 Å². The van der Waals surface area contributed by atoms with Crippen LogP contribution >= 0.6 is 0 Å². The van der Waals surface area contributed by atoms with Crippen molar-refractivity contribution in [3.05, 3.63) is 23.8 Å². The lowest BCUT2D eigenvalue weighted by Crippen LogP contribution is -2.20. The Morgan fingerprint density at radius 2 is 2.28 bits per heavy atom. The first-order chi connectivity index (χ1) is 8.61. The summed E-state index contributed by atoms with van der Waals surface area (Å²) in [5, 5.41) is 3.38. The molecule has 2 rings (SSSR count). The number of anilines is 2. The number of rotatable bonds is 5. The predicted molar refractivity (Wildman–Crippen MR) is 74.9 cm³/mol. The zero-order valence-electron chi connectivity index (χ0n) is 11.1. The Kier molecular flexibility index (Phi) is 3.87. The molecular formula is C14H21N3O. The molecule has 98 valence electrons. The number of nitrogens with zero attached hydrogens (tertiary/aromatic N) is 1. The SMILES string of the molecule is CC(CN)CCNc1ccc2c(c1)CC(=O)N2C. The van der Waals surface area contributed by atoms with Gasteiger partial charge in [0.15, 0.2) is 0 Å². The molecule has 0 radical (unpaired) electrons. The smallest absolute Gasteiger partial charge is 0.231 e. The van der Waals surface area contributed by atoms with E-state index in [-0.39, 0.29) is 5.91 Å². The molecule has 0 bridgehead atoms. The van der Waals surface area contributed by atoms with E-state index in [4.69, 9.17) is 5.73 Å². The van der Waals surface area contributed by atoms with Crippen LogP contribution in [0.25, 0.3) is 0 Å². The molecule has 4 heteroatoms. The molecule has 0 saturated carbocycles. The number of benzene rings is 1. The third-order valence-corrected chi connectivity index (χ3v) is 3.53. The third kappa shape index (κ3) is 2.64. The molecule has 1 heterocycles. The summed E-state index contributed by atoms with van der Waals surface area (Å²) in [5.74, 6) is 0.707. The van der Waals surface area contributed by atoms with Gasteiger partial charge in [0.25, 0.3) is 0 Å². The maximum Gasteiger partial charge on any atom is 0.231 e. The fourth-order valence-corrected chi connectivity index (χ4v) is 2.16. The number of nitrogens with two attached hydrogens (primary N) is 1. The molecule has 0 spiro atoms. The van der Waals surface area contributed by atoms with Crippen LogP contribution in [-0.4, -0.2) is 26.0 Å². The number of hydrogen-bond acceptors (Lipinski definition) is 3. The van der Waals surface area contributed by atoms with E-state index in [0.717, 1.165) is 36.4 Å². The lowest BCUT2D eigenvalue weighted by Gasteiger charge is -2.13. The Morgan fingerprint density at radius 3 is 3.00 bits per heavy atom. The molecule has 1 aliphatic heterocycles. The second-order valence-corrected chi connectivity index (χ2v) is 5.03. The predicted octanol–water partition coefficient (Wildman–Crippen LogP) is 1.60. The first-order valence-corrected chi connectivity index (χ1v) is 6.45. The number of carbonyl (C=O) groups is 1. The van der Waals surface area contributed by atoms with Gasteiger partial charge in [-0.05, 0) is 42.6 Å². The average molecular weight is 247 g/mol. The standard InChI is InChI=1S/C14H21N3O/c1-10(9-15)5-6-16-12-3-4-13-11(7-12)8-14(18)17(13)2/h3-4,7,10,16H,5-6,8-9,15H2,1-2H3. The third-order valence-electron chi connectivity index (χ3n) is 3.53. The summed E-state index contributed by atoms with van der Waals surface area (Å²) in [4.78, 5) is 13.3. The van der Waals surface area contributed by atoms with Gasteiger partial charge in [0.05, 0.1) is 6.42 Å². The van der Waals surface area contributed by atoms with Crippen LogP contribution in [0.3, 0.4) is 0 Å². The van der Waals surface area contributed by atoms with Crippen molar-refractivity contribution in [1.82, 2.24) is 0 Å². The highest BCUT2D eigenvalue weighted by Gasteiger charge is 2.23. The molecule has 1 amide bonds. The molecule has 18 heavy (non-hydrogen) atoms. The summed E-state index contributed by atoms with van der Waals surface area (Å²) >= 11 is 0. The highest BCUT2D eigenvalue weighted by atomic mass is 16.2. The topological polar surface area (TPSA) is 58.4 Å². The van der Waals surface area contributed by atoms with E-state index in [1.165, 1.54) is 0 Å². The van der Waals surface area contributed by atoms with Crippen LogP contribution < -0.4 is 16.0 Å². The molecular weight excluding hydrogens is 226 g/mol. The molecule has 0 saturated heterocycles. The Balaban J connectivity index is 1.96. The van der Waals surface area contributed by atoms with Gasteiger partial charge in [0.1, 0.15) is 0 Å². The molecule has 1 aliphatic rings. The number of hydrogen-bond donors (Lipinski definition) is 2. The summed E-state index contributed by atoms with van der Waals surface area (Å²) in [6.45, 7) is 3.80. The zero-order chi connectivity index (χ0) is 13.1. The maximum atomic E-state index is 11.6. The van der Waals surface area contributed by atoms with Crippen molar-refractivity contribution in [3.63, 3.8) is 0 Å². The first kappa shape index (κ1) is 12.9. The summed E-state index contributed by atoms with van der Waals surface area (Å²) in [7, 11) is 1.82. The molecule has 1 unspecified atom stereocenters. The van der Waals surface area contributed by atoms with E-state index in [0.29, 0.717) is 12.3 Å². The molecule has 0 aromatic heterocycles. The maximum absolute atomic E-state index is 11.6. The minimum atomic E-state index is 0.166. The summed E-state index contributed by atoms with van der Waals surface area (Å²) in [6, 6.07) is 6.11. The summed E-state index contributed by atoms with van der Waals surface area (Å²) in [5.41, 5.74) is 8.81. The zero-order valence-corrected chi connectivity index (χ0v) is 11.1. The van der Waals surface area contributed by atoms with Gasteiger partial charge in [-0.15, -0.1) is 0 Å². The second kappa shape index (κ2) is 5.40. The van der Waals surface area contributed by atoms with E-state index >= 15 is 0 Å². The lowest BCUT2D eigenvalue weighted by molar-refractivity contribution is -0.117. The fourth-order valence-electron chi connectivity index (χ4n) is 2.16. The highest BCUT2D eigenvalue weighted by molar-refractivity contribution is 6.01. The second-order valence-electron chi connectivity index (χ2n) is 5.03. The van der Waals surface area contributed by atoms with Crippen molar-refractivity contribution < 1.29 is 4.79 Å². The fraction of sp³-hybridized carbons (Fsp3) is 0.500. The molecule has 1 aromatic carbocycles. The number of amides is 1. The van der Waals surface area contributed by atoms with Crippen molar-refractivity contribution in [2.24, 2.45) is 11.7 Å². The Bertz CT molecular complexity index is 445. The quantitative estimate of drug-likeness (QED) is 0.831. The lowest BCUT2D eigenvalue weighted by atomic mass is 10.1. The van der Waals surface area contributed by atoms with Crippen molar-refractivity contribution in [3.8, 4) is 0 Å². The van der Waals surface area contributed by atoms with Gasteiger partial charge in [-0.3, -0.25) is 4.79 Å². The molecule has 1 aromatic rings. The minimum absolute atomic E-state index is 0.166. The average Bonchev–Trinajstić information content (AvgIpc) is 2.64. The van der Waals surface area contributed by atoms with Crippen LogP contribution in [0.4, 0.5) is 11.4 Å².